The summed E-state index contributed by atoms with van der Waals surface area (Å²) in [5, 5.41) is 0. The van der Waals surface area contributed by atoms with Gasteiger partial charge in [-0.15, -0.1) is 0 Å². The zero-order valence-electron chi connectivity index (χ0n) is 10.6. The van der Waals surface area contributed by atoms with E-state index in [1.54, 1.807) is 6.07 Å². The van der Waals surface area contributed by atoms with Crippen molar-refractivity contribution in [3.63, 3.8) is 0 Å². The van der Waals surface area contributed by atoms with Gasteiger partial charge in [0.25, 0.3) is 0 Å². The van der Waals surface area contributed by atoms with Gasteiger partial charge in [-0.25, -0.2) is 9.78 Å². The number of methoxy groups -OCH3 is 1. The van der Waals surface area contributed by atoms with Gasteiger partial charge >= 0.3 is 5.97 Å². The van der Waals surface area contributed by atoms with E-state index in [1.165, 1.54) is 13.5 Å². The summed E-state index contributed by atoms with van der Waals surface area (Å²) in [4.78, 5) is 18.0. The van der Waals surface area contributed by atoms with Crippen LogP contribution in [0.4, 0.5) is 0 Å². The Morgan fingerprint density at radius 2 is 2.44 bits per heavy atom. The molecule has 0 aliphatic carbocycles. The molecule has 1 aromatic rings. The van der Waals surface area contributed by atoms with Crippen LogP contribution in [-0.4, -0.2) is 42.1 Å². The Morgan fingerprint density at radius 3 is 3.17 bits per heavy atom. The molecule has 0 radical (unpaired) electrons. The number of carbonyl (C=O) groups is 1. The minimum atomic E-state index is -0.395. The van der Waals surface area contributed by atoms with Gasteiger partial charge in [0.1, 0.15) is 5.69 Å². The van der Waals surface area contributed by atoms with Crippen LogP contribution in [0.3, 0.4) is 0 Å². The van der Waals surface area contributed by atoms with Gasteiger partial charge in [0.05, 0.1) is 12.8 Å². The number of nitrogens with zero attached hydrogens (tertiary/aromatic N) is 2. The van der Waals surface area contributed by atoms with Gasteiger partial charge < -0.3 is 10.5 Å². The van der Waals surface area contributed by atoms with Gasteiger partial charge in [0.2, 0.25) is 0 Å². The Labute approximate surface area is 107 Å². The van der Waals surface area contributed by atoms with E-state index in [0.717, 1.165) is 25.2 Å². The first kappa shape index (κ1) is 13.0. The molecule has 1 aliphatic rings. The van der Waals surface area contributed by atoms with E-state index in [2.05, 4.69) is 14.6 Å². The van der Waals surface area contributed by atoms with E-state index in [-0.39, 0.29) is 0 Å². The average Bonchev–Trinajstić information content (AvgIpc) is 2.85. The summed E-state index contributed by atoms with van der Waals surface area (Å²) in [5.74, 6) is -0.395. The van der Waals surface area contributed by atoms with Crippen LogP contribution in [0.5, 0.6) is 0 Å². The molecule has 1 atom stereocenters. The molecule has 1 aromatic heterocycles. The Morgan fingerprint density at radius 1 is 1.61 bits per heavy atom. The number of nitrogens with two attached hydrogens (primary N) is 1. The lowest BCUT2D eigenvalue weighted by molar-refractivity contribution is 0.0593. The standard InChI is InChI=1S/C13H19N3O2/c1-18-13(17)12-6-2-4-10(15-12)9-16-7-3-5-11(16)8-14/h2,4,6,11H,3,5,7-9,14H2,1H3. The summed E-state index contributed by atoms with van der Waals surface area (Å²) in [7, 11) is 1.36. The first-order valence-corrected chi connectivity index (χ1v) is 6.23. The number of hydrogen-bond acceptors (Lipinski definition) is 5. The fourth-order valence-corrected chi connectivity index (χ4v) is 2.36. The van der Waals surface area contributed by atoms with E-state index >= 15 is 0 Å². The SMILES string of the molecule is COC(=O)c1cccc(CN2CCCC2CN)n1. The zero-order valence-corrected chi connectivity index (χ0v) is 10.6. The van der Waals surface area contributed by atoms with E-state index in [1.807, 2.05) is 12.1 Å². The summed E-state index contributed by atoms with van der Waals surface area (Å²) in [6, 6.07) is 5.87. The fraction of sp³-hybridized carbons (Fsp3) is 0.538. The minimum absolute atomic E-state index is 0.360. The van der Waals surface area contributed by atoms with Crippen molar-refractivity contribution in [2.24, 2.45) is 5.73 Å². The number of carbonyl (C=O) groups excluding carboxylic acids is 1. The normalized spacial score (nSPS) is 20.0. The van der Waals surface area contributed by atoms with Crippen LogP contribution in [0.1, 0.15) is 29.0 Å². The highest BCUT2D eigenvalue weighted by Crippen LogP contribution is 2.18. The second-order valence-corrected chi connectivity index (χ2v) is 4.51. The summed E-state index contributed by atoms with van der Waals surface area (Å²) in [5.41, 5.74) is 6.99. The molecule has 0 spiro atoms. The van der Waals surface area contributed by atoms with Crippen LogP contribution >= 0.6 is 0 Å². The van der Waals surface area contributed by atoms with Crippen LogP contribution in [0, 0.1) is 0 Å². The van der Waals surface area contributed by atoms with Crippen molar-refractivity contribution in [2.45, 2.75) is 25.4 Å². The van der Waals surface area contributed by atoms with Gasteiger partial charge in [-0.2, -0.15) is 0 Å². The molecule has 0 amide bonds. The molecule has 5 heteroatoms. The molecule has 1 unspecified atom stereocenters. The van der Waals surface area contributed by atoms with Crippen molar-refractivity contribution in [2.75, 3.05) is 20.2 Å². The summed E-state index contributed by atoms with van der Waals surface area (Å²) < 4.78 is 4.67. The number of esters is 1. The molecule has 2 heterocycles. The van der Waals surface area contributed by atoms with Crippen LogP contribution in [0.2, 0.25) is 0 Å². The molecule has 98 valence electrons. The molecular formula is C13H19N3O2. The minimum Gasteiger partial charge on any atom is -0.464 e. The molecule has 2 N–H and O–H groups in total. The maximum absolute atomic E-state index is 11.4. The van der Waals surface area contributed by atoms with Crippen LogP contribution < -0.4 is 5.73 Å². The highest BCUT2D eigenvalue weighted by molar-refractivity contribution is 5.87. The van der Waals surface area contributed by atoms with Crippen molar-refractivity contribution in [1.82, 2.24) is 9.88 Å². The Kier molecular flexibility index (Phi) is 4.28. The Bertz CT molecular complexity index is 422. The Hall–Kier alpha value is -1.46. The lowest BCUT2D eigenvalue weighted by atomic mass is 10.2. The van der Waals surface area contributed by atoms with Gasteiger partial charge in [0.15, 0.2) is 0 Å². The quantitative estimate of drug-likeness (QED) is 0.799. The highest BCUT2D eigenvalue weighted by atomic mass is 16.5. The lowest BCUT2D eigenvalue weighted by Gasteiger charge is -2.22. The predicted octanol–water partition coefficient (Wildman–Crippen LogP) is 0.791. The molecule has 0 aromatic carbocycles. The largest absolute Gasteiger partial charge is 0.464 e. The average molecular weight is 249 g/mol. The van der Waals surface area contributed by atoms with Crippen LogP contribution in [-0.2, 0) is 11.3 Å². The summed E-state index contributed by atoms with van der Waals surface area (Å²) >= 11 is 0. The fourth-order valence-electron chi connectivity index (χ4n) is 2.36. The van der Waals surface area contributed by atoms with E-state index in [0.29, 0.717) is 18.3 Å². The maximum atomic E-state index is 11.4. The number of pyridine rings is 1. The molecule has 2 rings (SSSR count). The molecule has 1 aliphatic heterocycles. The third-order valence-corrected chi connectivity index (χ3v) is 3.34. The molecule has 0 saturated carbocycles. The van der Waals surface area contributed by atoms with Gasteiger partial charge in [-0.05, 0) is 31.5 Å². The summed E-state index contributed by atoms with van der Waals surface area (Å²) in [6.07, 6.45) is 2.33. The van der Waals surface area contributed by atoms with E-state index in [4.69, 9.17) is 5.73 Å². The third-order valence-electron chi connectivity index (χ3n) is 3.34. The Balaban J connectivity index is 2.07. The molecule has 1 saturated heterocycles. The topological polar surface area (TPSA) is 68.5 Å². The second kappa shape index (κ2) is 5.93. The third kappa shape index (κ3) is 2.86. The number of hydrogen-bond donors (Lipinski definition) is 1. The summed E-state index contributed by atoms with van der Waals surface area (Å²) in [6.45, 7) is 2.47. The second-order valence-electron chi connectivity index (χ2n) is 4.51. The monoisotopic (exact) mass is 249 g/mol. The highest BCUT2D eigenvalue weighted by Gasteiger charge is 2.23. The van der Waals surface area contributed by atoms with Gasteiger partial charge in [-0.3, -0.25) is 4.90 Å². The first-order valence-electron chi connectivity index (χ1n) is 6.23. The van der Waals surface area contributed by atoms with Crippen molar-refractivity contribution >= 4 is 5.97 Å². The van der Waals surface area contributed by atoms with Crippen molar-refractivity contribution in [3.8, 4) is 0 Å². The molecule has 5 nitrogen and oxygen atoms in total. The van der Waals surface area contributed by atoms with E-state index < -0.39 is 5.97 Å². The molecular weight excluding hydrogens is 230 g/mol. The zero-order chi connectivity index (χ0) is 13.0. The van der Waals surface area contributed by atoms with Gasteiger partial charge in [0, 0.05) is 19.1 Å². The van der Waals surface area contributed by atoms with Gasteiger partial charge in [-0.1, -0.05) is 6.07 Å². The molecule has 1 fully saturated rings. The predicted molar refractivity (Wildman–Crippen MR) is 68.1 cm³/mol. The molecule has 0 bridgehead atoms. The van der Waals surface area contributed by atoms with Crippen molar-refractivity contribution < 1.29 is 9.53 Å². The van der Waals surface area contributed by atoms with Crippen LogP contribution in [0.25, 0.3) is 0 Å². The molecule has 18 heavy (non-hydrogen) atoms. The van der Waals surface area contributed by atoms with Crippen molar-refractivity contribution in [1.29, 1.82) is 0 Å². The number of likely N-dealkylation sites (tertiary alicyclic amines) is 1. The van der Waals surface area contributed by atoms with Crippen LogP contribution in [0.15, 0.2) is 18.2 Å². The number of aromatic nitrogens is 1. The smallest absolute Gasteiger partial charge is 0.356 e. The van der Waals surface area contributed by atoms with E-state index in [9.17, 15) is 4.79 Å². The van der Waals surface area contributed by atoms with Crippen molar-refractivity contribution in [3.05, 3.63) is 29.6 Å². The maximum Gasteiger partial charge on any atom is 0.356 e. The number of rotatable bonds is 4. The first-order chi connectivity index (χ1) is 8.74. The number of ether oxygens (including phenoxy) is 1. The lowest BCUT2D eigenvalue weighted by Crippen LogP contribution is -2.35.